The normalized spacial score (nSPS) is 15.5. The molecule has 0 radical (unpaired) electrons. The molecule has 62 heavy (non-hydrogen) atoms. The lowest BCUT2D eigenvalue weighted by molar-refractivity contribution is -0.120. The maximum absolute atomic E-state index is 12.9. The molecule has 2 aliphatic rings. The van der Waals surface area contributed by atoms with Gasteiger partial charge in [0, 0.05) is 73.3 Å². The van der Waals surface area contributed by atoms with Crippen LogP contribution in [0.5, 0.6) is 0 Å². The van der Waals surface area contributed by atoms with Crippen molar-refractivity contribution < 1.29 is 18.9 Å². The first-order valence-corrected chi connectivity index (χ1v) is 21.2. The Balaban J connectivity index is 0.799. The summed E-state index contributed by atoms with van der Waals surface area (Å²) in [7, 11) is 0. The van der Waals surface area contributed by atoms with E-state index in [-0.39, 0.29) is 29.2 Å². The zero-order chi connectivity index (χ0) is 43.5. The highest BCUT2D eigenvalue weighted by molar-refractivity contribution is 6.06. The largest absolute Gasteiger partial charge is 0.372 e. The summed E-state index contributed by atoms with van der Waals surface area (Å²) in [6.45, 7) is 16.7. The Hall–Kier alpha value is -6.75. The van der Waals surface area contributed by atoms with Crippen molar-refractivity contribution in [1.29, 1.82) is 0 Å². The number of urea groups is 1. The van der Waals surface area contributed by atoms with Crippen LogP contribution in [0.15, 0.2) is 65.6 Å². The van der Waals surface area contributed by atoms with Crippen molar-refractivity contribution in [2.75, 3.05) is 54.4 Å². The van der Waals surface area contributed by atoms with Crippen LogP contribution < -0.4 is 31.1 Å². The van der Waals surface area contributed by atoms with E-state index in [0.29, 0.717) is 36.2 Å². The number of H-pyrrole nitrogens is 1. The van der Waals surface area contributed by atoms with Gasteiger partial charge in [-0.15, -0.1) is 0 Å². The summed E-state index contributed by atoms with van der Waals surface area (Å²) >= 11 is 0. The smallest absolute Gasteiger partial charge is 0.328 e. The second-order valence-corrected chi connectivity index (χ2v) is 17.2. The predicted octanol–water partition coefficient (Wildman–Crippen LogP) is 6.23. The van der Waals surface area contributed by atoms with Crippen LogP contribution in [-0.2, 0) is 10.2 Å². The minimum atomic E-state index is -0.400. The lowest BCUT2D eigenvalue weighted by atomic mass is 9.96. The summed E-state index contributed by atoms with van der Waals surface area (Å²) in [6, 6.07) is 15.5. The quantitative estimate of drug-likeness (QED) is 0.0817. The van der Waals surface area contributed by atoms with Gasteiger partial charge in [-0.1, -0.05) is 38.1 Å². The number of aryl methyl sites for hydroxylation is 2. The number of aromatic nitrogens is 7. The third kappa shape index (κ3) is 9.27. The molecule has 0 unspecified atom stereocenters. The van der Waals surface area contributed by atoms with Gasteiger partial charge in [-0.2, -0.15) is 4.98 Å². The van der Waals surface area contributed by atoms with Crippen molar-refractivity contribution in [1.82, 2.24) is 51.0 Å². The molecule has 2 fully saturated rings. The minimum absolute atomic E-state index is 0.00803. The number of imide groups is 1. The van der Waals surface area contributed by atoms with Crippen LogP contribution in [-0.4, -0.2) is 92.2 Å². The Labute approximate surface area is 359 Å². The summed E-state index contributed by atoms with van der Waals surface area (Å²) in [4.78, 5) is 67.0. The first-order chi connectivity index (χ1) is 29.8. The first-order valence-electron chi connectivity index (χ1n) is 21.2. The number of imidazole rings is 1. The summed E-state index contributed by atoms with van der Waals surface area (Å²) in [5, 5.41) is 16.3. The molecule has 0 aliphatic carbocycles. The number of fused-ring (bicyclic) bond motifs is 1. The third-order valence-corrected chi connectivity index (χ3v) is 11.5. The molecule has 4 aromatic heterocycles. The van der Waals surface area contributed by atoms with Gasteiger partial charge in [-0.05, 0) is 99.2 Å². The Bertz CT molecular complexity index is 2590. The lowest BCUT2D eigenvalue weighted by Crippen LogP contribution is -2.49. The van der Waals surface area contributed by atoms with E-state index in [1.165, 1.54) is 12.0 Å². The molecule has 17 heteroatoms. The Morgan fingerprint density at radius 2 is 1.74 bits per heavy atom. The SMILES string of the molecule is Cc1cc(-c2ncnc3nc(-c4ccc(NCCNCC5CCN(c6ccc(N7CCC(=O)NC7=O)c(C)c6)CC5)nc4)[nH]c23)ccc1[C@@H](C)NC(=O)c1noc(C(C)(C)C)n1. The van der Waals surface area contributed by atoms with Crippen molar-refractivity contribution in [2.45, 2.75) is 72.3 Å². The third-order valence-electron chi connectivity index (χ3n) is 11.5. The summed E-state index contributed by atoms with van der Waals surface area (Å²) in [5.41, 5.74) is 8.32. The molecule has 0 bridgehead atoms. The second-order valence-electron chi connectivity index (χ2n) is 17.2. The fraction of sp³-hybridized carbons (Fsp3) is 0.400. The maximum Gasteiger partial charge on any atom is 0.328 e. The van der Waals surface area contributed by atoms with Crippen molar-refractivity contribution in [3.63, 3.8) is 0 Å². The number of benzene rings is 2. The van der Waals surface area contributed by atoms with Gasteiger partial charge in [0.15, 0.2) is 5.65 Å². The molecule has 0 saturated carbocycles. The molecule has 0 spiro atoms. The van der Waals surface area contributed by atoms with Gasteiger partial charge >= 0.3 is 6.03 Å². The monoisotopic (exact) mass is 839 g/mol. The number of nitrogens with zero attached hydrogens (tertiary/aromatic N) is 8. The number of amides is 4. The molecule has 4 amide bonds. The number of hydrogen-bond acceptors (Lipinski definition) is 13. The molecule has 2 aliphatic heterocycles. The van der Waals surface area contributed by atoms with Gasteiger partial charge in [0.2, 0.25) is 11.8 Å². The summed E-state index contributed by atoms with van der Waals surface area (Å²) < 4.78 is 5.30. The highest BCUT2D eigenvalue weighted by Gasteiger charge is 2.27. The molecule has 17 nitrogen and oxygen atoms in total. The highest BCUT2D eigenvalue weighted by Crippen LogP contribution is 2.32. The standard InChI is InChI=1S/C45H53N13O4/c1-26-21-30(7-10-33(26)28(3)51-42(60)41-55-43(62-56-41)45(4,5)6)37-38-40(50-25-49-37)54-39(53-38)31-8-12-35(48-24-31)47-17-16-46-23-29-13-18-57(19-14-29)32-9-11-34(27(2)22-32)58-20-15-36(59)52-44(58)61/h7-12,21-22,24-25,28-29,46H,13-20,23H2,1-6H3,(H,47,48)(H,51,60)(H,52,59,61)(H,49,50,53,54)/t28-/m1/s1. The average Bonchev–Trinajstić information content (AvgIpc) is 3.94. The fourth-order valence-corrected chi connectivity index (χ4v) is 8.00. The number of pyridine rings is 1. The molecule has 5 N–H and O–H groups in total. The lowest BCUT2D eigenvalue weighted by Gasteiger charge is -2.34. The topological polar surface area (TPSA) is 212 Å². The maximum atomic E-state index is 12.9. The summed E-state index contributed by atoms with van der Waals surface area (Å²) in [6.07, 6.45) is 5.83. The van der Waals surface area contributed by atoms with Crippen LogP contribution in [0.3, 0.4) is 0 Å². The van der Waals surface area contributed by atoms with Gasteiger partial charge in [0.05, 0.1) is 11.7 Å². The average molecular weight is 840 g/mol. The van der Waals surface area contributed by atoms with E-state index in [9.17, 15) is 14.4 Å². The fourth-order valence-electron chi connectivity index (χ4n) is 8.00. The zero-order valence-corrected chi connectivity index (χ0v) is 36.0. The zero-order valence-electron chi connectivity index (χ0n) is 36.0. The molecule has 8 rings (SSSR count). The molecular formula is C45H53N13O4. The van der Waals surface area contributed by atoms with Crippen LogP contribution in [0.25, 0.3) is 33.8 Å². The van der Waals surface area contributed by atoms with E-state index in [1.54, 1.807) is 11.1 Å². The van der Waals surface area contributed by atoms with Crippen molar-refractivity contribution >= 4 is 46.2 Å². The van der Waals surface area contributed by atoms with Crippen molar-refractivity contribution in [3.05, 3.63) is 89.5 Å². The number of aromatic amines is 1. The molecular weight excluding hydrogens is 787 g/mol. The molecule has 1 atom stereocenters. The van der Waals surface area contributed by atoms with Gasteiger partial charge in [-0.25, -0.2) is 24.7 Å². The molecule has 2 saturated heterocycles. The van der Waals surface area contributed by atoms with Crippen LogP contribution in [0, 0.1) is 19.8 Å². The van der Waals surface area contributed by atoms with E-state index < -0.39 is 5.91 Å². The van der Waals surface area contributed by atoms with Crippen LogP contribution >= 0.6 is 0 Å². The molecule has 6 aromatic rings. The van der Waals surface area contributed by atoms with Gasteiger partial charge in [-0.3, -0.25) is 19.8 Å². The minimum Gasteiger partial charge on any atom is -0.372 e. The van der Waals surface area contributed by atoms with Crippen LogP contribution in [0.4, 0.5) is 22.0 Å². The van der Waals surface area contributed by atoms with E-state index in [4.69, 9.17) is 9.51 Å². The number of carbonyl (C=O) groups is 3. The number of carbonyl (C=O) groups excluding carboxylic acids is 3. The predicted molar refractivity (Wildman–Crippen MR) is 237 cm³/mol. The van der Waals surface area contributed by atoms with E-state index in [1.807, 2.05) is 77.9 Å². The van der Waals surface area contributed by atoms with Crippen LogP contribution in [0.1, 0.15) is 86.2 Å². The van der Waals surface area contributed by atoms with Gasteiger partial charge in [0.1, 0.15) is 23.5 Å². The van der Waals surface area contributed by atoms with Crippen molar-refractivity contribution in [3.8, 4) is 22.6 Å². The number of nitrogens with one attached hydrogen (secondary N) is 5. The molecule has 6 heterocycles. The second kappa shape index (κ2) is 17.7. The van der Waals surface area contributed by atoms with Gasteiger partial charge < -0.3 is 30.4 Å². The number of rotatable bonds is 13. The van der Waals surface area contributed by atoms with E-state index >= 15 is 0 Å². The Morgan fingerprint density at radius 3 is 2.45 bits per heavy atom. The molecule has 322 valence electrons. The van der Waals surface area contributed by atoms with E-state index in [0.717, 1.165) is 96.1 Å². The number of hydrogen-bond donors (Lipinski definition) is 5. The number of piperidine rings is 1. The van der Waals surface area contributed by atoms with Gasteiger partial charge in [0.25, 0.3) is 11.7 Å². The van der Waals surface area contributed by atoms with Crippen molar-refractivity contribution in [2.24, 2.45) is 5.92 Å². The summed E-state index contributed by atoms with van der Waals surface area (Å²) in [5.74, 6) is 1.82. The first kappa shape index (κ1) is 42.0. The Kier molecular flexibility index (Phi) is 12.0. The van der Waals surface area contributed by atoms with Crippen LogP contribution in [0.2, 0.25) is 0 Å². The Morgan fingerprint density at radius 1 is 0.935 bits per heavy atom. The molecule has 2 aromatic carbocycles. The van der Waals surface area contributed by atoms with E-state index in [2.05, 4.69) is 68.4 Å². The highest BCUT2D eigenvalue weighted by atomic mass is 16.5. The number of anilines is 3.